The number of aryl methyl sites for hydroxylation is 1. The van der Waals surface area contributed by atoms with Crippen molar-refractivity contribution in [2.24, 2.45) is 0 Å². The molecule has 0 fully saturated rings. The van der Waals surface area contributed by atoms with E-state index in [2.05, 4.69) is 20.6 Å². The Morgan fingerprint density at radius 3 is 2.58 bits per heavy atom. The van der Waals surface area contributed by atoms with Crippen LogP contribution < -0.4 is 10.6 Å². The third-order valence-electron chi connectivity index (χ3n) is 5.07. The number of nitrogens with one attached hydrogen (secondary N) is 2. The van der Waals surface area contributed by atoms with Gasteiger partial charge in [0.25, 0.3) is 11.7 Å². The summed E-state index contributed by atoms with van der Waals surface area (Å²) < 4.78 is 0. The number of carbonyl (C=O) groups excluding carboxylic acids is 2. The zero-order valence-corrected chi connectivity index (χ0v) is 17.6. The Balaban J connectivity index is 1.57. The van der Waals surface area contributed by atoms with Crippen LogP contribution in [0.3, 0.4) is 0 Å². The van der Waals surface area contributed by atoms with Gasteiger partial charge in [0, 0.05) is 49.5 Å². The highest BCUT2D eigenvalue weighted by Crippen LogP contribution is 2.32. The molecule has 0 radical (unpaired) electrons. The number of aromatic nitrogens is 2. The van der Waals surface area contributed by atoms with E-state index in [9.17, 15) is 9.59 Å². The number of nitrogens with zero attached hydrogens (tertiary/aromatic N) is 3. The lowest BCUT2D eigenvalue weighted by Crippen LogP contribution is -2.30. The number of allylic oxidation sites excluding steroid dienone is 1. The lowest BCUT2D eigenvalue weighted by atomic mass is 10.0. The Bertz CT molecular complexity index is 1190. The fourth-order valence-electron chi connectivity index (χ4n) is 3.39. The van der Waals surface area contributed by atoms with E-state index in [-0.39, 0.29) is 0 Å². The van der Waals surface area contributed by atoms with Gasteiger partial charge in [-0.15, -0.1) is 0 Å². The van der Waals surface area contributed by atoms with Gasteiger partial charge in [-0.2, -0.15) is 0 Å². The summed E-state index contributed by atoms with van der Waals surface area (Å²) >= 11 is 0. The minimum absolute atomic E-state index is 0.451. The number of Topliss-reactive ketones (excluding diaryl/α,β-unsaturated/α-hetero) is 1. The Hall–Kier alpha value is -4.00. The normalized spacial score (nSPS) is 12.0. The molecule has 4 rings (SSSR count). The molecule has 3 aromatic rings. The topological polar surface area (TPSA) is 87.2 Å². The number of rotatable bonds is 6. The Morgan fingerprint density at radius 2 is 1.84 bits per heavy atom. The number of benzene rings is 1. The summed E-state index contributed by atoms with van der Waals surface area (Å²) in [6.45, 7) is 1.97. The van der Waals surface area contributed by atoms with Crippen molar-refractivity contribution in [2.75, 3.05) is 24.7 Å². The highest BCUT2D eigenvalue weighted by atomic mass is 16.2. The summed E-state index contributed by atoms with van der Waals surface area (Å²) in [5, 5.41) is 6.59. The second-order valence-corrected chi connectivity index (χ2v) is 7.57. The van der Waals surface area contributed by atoms with E-state index < -0.39 is 11.7 Å². The predicted octanol–water partition coefficient (Wildman–Crippen LogP) is 3.87. The van der Waals surface area contributed by atoms with Crippen molar-refractivity contribution in [1.29, 1.82) is 0 Å². The molecule has 31 heavy (non-hydrogen) atoms. The van der Waals surface area contributed by atoms with Crippen molar-refractivity contribution < 1.29 is 9.59 Å². The van der Waals surface area contributed by atoms with E-state index in [1.54, 1.807) is 26.5 Å². The van der Waals surface area contributed by atoms with Crippen molar-refractivity contribution in [3.05, 3.63) is 77.6 Å². The van der Waals surface area contributed by atoms with Crippen LogP contribution in [0.1, 0.15) is 16.7 Å². The quantitative estimate of drug-likeness (QED) is 0.597. The van der Waals surface area contributed by atoms with E-state index in [1.807, 2.05) is 55.5 Å². The average molecular weight is 413 g/mol. The first-order chi connectivity index (χ1) is 14.9. The van der Waals surface area contributed by atoms with E-state index in [0.717, 1.165) is 33.9 Å². The number of anilines is 4. The van der Waals surface area contributed by atoms with Crippen LogP contribution >= 0.6 is 0 Å². The summed E-state index contributed by atoms with van der Waals surface area (Å²) in [7, 11) is 3.16. The molecule has 1 aromatic carbocycles. The molecular formula is C24H23N5O2. The van der Waals surface area contributed by atoms with Crippen LogP contribution in [0.5, 0.6) is 0 Å². The SMILES string of the molecule is Cc1cnc(Nc2ccc3c(c2)C(C(=O)C(=O)N(C)C)=CC3)cc1Nc1ccccn1. The lowest BCUT2D eigenvalue weighted by molar-refractivity contribution is -0.139. The van der Waals surface area contributed by atoms with E-state index in [0.29, 0.717) is 17.8 Å². The molecule has 1 aliphatic rings. The number of amides is 1. The molecule has 0 unspecified atom stereocenters. The van der Waals surface area contributed by atoms with E-state index in [1.165, 1.54) is 4.90 Å². The molecule has 0 aliphatic heterocycles. The van der Waals surface area contributed by atoms with Crippen molar-refractivity contribution in [3.8, 4) is 0 Å². The van der Waals surface area contributed by atoms with Gasteiger partial charge in [-0.05, 0) is 54.3 Å². The van der Waals surface area contributed by atoms with E-state index in [4.69, 9.17) is 0 Å². The minimum Gasteiger partial charge on any atom is -0.342 e. The van der Waals surface area contributed by atoms with Gasteiger partial charge in [0.05, 0.1) is 0 Å². The third kappa shape index (κ3) is 4.30. The van der Waals surface area contributed by atoms with Gasteiger partial charge < -0.3 is 15.5 Å². The molecule has 156 valence electrons. The molecule has 1 aliphatic carbocycles. The molecular weight excluding hydrogens is 390 g/mol. The van der Waals surface area contributed by atoms with Gasteiger partial charge >= 0.3 is 0 Å². The van der Waals surface area contributed by atoms with Crippen molar-refractivity contribution in [2.45, 2.75) is 13.3 Å². The Kier molecular flexibility index (Phi) is 5.49. The molecule has 0 bridgehead atoms. The second-order valence-electron chi connectivity index (χ2n) is 7.57. The van der Waals surface area contributed by atoms with Gasteiger partial charge in [-0.3, -0.25) is 9.59 Å². The van der Waals surface area contributed by atoms with Gasteiger partial charge in [0.15, 0.2) is 0 Å². The first-order valence-corrected chi connectivity index (χ1v) is 9.93. The third-order valence-corrected chi connectivity index (χ3v) is 5.07. The second kappa shape index (κ2) is 8.39. The number of fused-ring (bicyclic) bond motifs is 1. The summed E-state index contributed by atoms with van der Waals surface area (Å²) in [5.74, 6) is 0.390. The van der Waals surface area contributed by atoms with Crippen LogP contribution in [-0.2, 0) is 16.0 Å². The molecule has 0 saturated carbocycles. The van der Waals surface area contributed by atoms with Crippen LogP contribution in [0, 0.1) is 6.92 Å². The largest absolute Gasteiger partial charge is 0.342 e. The Morgan fingerprint density at radius 1 is 1.00 bits per heavy atom. The molecule has 7 nitrogen and oxygen atoms in total. The minimum atomic E-state index is -0.525. The zero-order valence-electron chi connectivity index (χ0n) is 17.6. The summed E-state index contributed by atoms with van der Waals surface area (Å²) in [5.41, 5.74) is 4.93. The number of hydrogen-bond donors (Lipinski definition) is 2. The van der Waals surface area contributed by atoms with Crippen LogP contribution in [0.15, 0.2) is 60.9 Å². The fourth-order valence-corrected chi connectivity index (χ4v) is 3.39. The van der Waals surface area contributed by atoms with Crippen LogP contribution in [0.2, 0.25) is 0 Å². The zero-order chi connectivity index (χ0) is 22.0. The van der Waals surface area contributed by atoms with Crippen molar-refractivity contribution in [1.82, 2.24) is 14.9 Å². The van der Waals surface area contributed by atoms with Crippen molar-refractivity contribution in [3.63, 3.8) is 0 Å². The summed E-state index contributed by atoms with van der Waals surface area (Å²) in [4.78, 5) is 34.8. The van der Waals surface area contributed by atoms with Crippen LogP contribution in [0.25, 0.3) is 5.57 Å². The van der Waals surface area contributed by atoms with Crippen LogP contribution in [-0.4, -0.2) is 40.7 Å². The molecule has 2 aromatic heterocycles. The standard InChI is InChI=1S/C24H23N5O2/c1-15-14-26-22(13-20(15)28-21-6-4-5-11-25-21)27-17-9-7-16-8-10-18(19(16)12-17)23(30)24(31)29(2)3/h4-7,9-14H,8H2,1-3H3,(H2,25,26,27,28). The first-order valence-electron chi connectivity index (χ1n) is 9.93. The van der Waals surface area contributed by atoms with Gasteiger partial charge in [-0.25, -0.2) is 9.97 Å². The smallest absolute Gasteiger partial charge is 0.294 e. The molecule has 1 amide bonds. The molecule has 2 N–H and O–H groups in total. The van der Waals surface area contributed by atoms with Crippen LogP contribution in [0.4, 0.5) is 23.0 Å². The lowest BCUT2D eigenvalue weighted by Gasteiger charge is -2.14. The number of ketones is 1. The van der Waals surface area contributed by atoms with Gasteiger partial charge in [0.1, 0.15) is 11.6 Å². The van der Waals surface area contributed by atoms with Gasteiger partial charge in [0.2, 0.25) is 0 Å². The maximum Gasteiger partial charge on any atom is 0.294 e. The first kappa shape index (κ1) is 20.3. The summed E-state index contributed by atoms with van der Waals surface area (Å²) in [6.07, 6.45) is 5.97. The Labute approximate surface area is 180 Å². The highest BCUT2D eigenvalue weighted by Gasteiger charge is 2.26. The molecule has 0 atom stereocenters. The molecule has 0 saturated heterocycles. The number of pyridine rings is 2. The number of likely N-dealkylation sites (N-methyl/N-ethyl adjacent to an activating group) is 1. The monoisotopic (exact) mass is 413 g/mol. The molecule has 7 heteroatoms. The number of carbonyl (C=O) groups is 2. The van der Waals surface area contributed by atoms with Gasteiger partial charge in [-0.1, -0.05) is 18.2 Å². The van der Waals surface area contributed by atoms with E-state index >= 15 is 0 Å². The maximum absolute atomic E-state index is 12.6. The predicted molar refractivity (Wildman–Crippen MR) is 122 cm³/mol. The molecule has 0 spiro atoms. The summed E-state index contributed by atoms with van der Waals surface area (Å²) in [6, 6.07) is 13.4. The highest BCUT2D eigenvalue weighted by molar-refractivity contribution is 6.53. The number of hydrogen-bond acceptors (Lipinski definition) is 6. The maximum atomic E-state index is 12.6. The molecule has 2 heterocycles. The van der Waals surface area contributed by atoms with Crippen molar-refractivity contribution >= 4 is 40.3 Å². The fraction of sp³-hybridized carbons (Fsp3) is 0.167. The average Bonchev–Trinajstić information content (AvgIpc) is 3.19.